The second kappa shape index (κ2) is 10.0. The summed E-state index contributed by atoms with van der Waals surface area (Å²) in [5.41, 5.74) is 0.252. The number of halogens is 1. The zero-order chi connectivity index (χ0) is 23.5. The van der Waals surface area contributed by atoms with Gasteiger partial charge in [-0.3, -0.25) is 9.36 Å². The molecule has 32 heavy (non-hydrogen) atoms. The average molecular weight is 478 g/mol. The van der Waals surface area contributed by atoms with Crippen LogP contribution in [0.15, 0.2) is 52.2 Å². The Balaban J connectivity index is 2.15. The maximum atomic E-state index is 13.6. The minimum Gasteiger partial charge on any atom is -0.497 e. The van der Waals surface area contributed by atoms with Crippen LogP contribution in [-0.4, -0.2) is 35.9 Å². The van der Waals surface area contributed by atoms with E-state index in [4.69, 9.17) is 16.3 Å². The number of sulfonamides is 1. The third-order valence-electron chi connectivity index (χ3n) is 5.47. The van der Waals surface area contributed by atoms with Crippen molar-refractivity contribution in [3.05, 3.63) is 63.7 Å². The molecule has 9 heteroatoms. The number of methoxy groups -OCH3 is 1. The zero-order valence-corrected chi connectivity index (χ0v) is 20.3. The first-order valence-electron chi connectivity index (χ1n) is 10.6. The topological polar surface area (TPSA) is 81.5 Å². The minimum absolute atomic E-state index is 0.166. The Labute approximate surface area is 193 Å². The Morgan fingerprint density at radius 2 is 1.84 bits per heavy atom. The molecule has 0 radical (unpaired) electrons. The van der Waals surface area contributed by atoms with Crippen LogP contribution in [0.4, 0.5) is 0 Å². The summed E-state index contributed by atoms with van der Waals surface area (Å²) in [5, 5.41) is 0.861. The van der Waals surface area contributed by atoms with Gasteiger partial charge in [-0.2, -0.15) is 4.31 Å². The molecule has 3 aromatic rings. The van der Waals surface area contributed by atoms with Gasteiger partial charge in [0.15, 0.2) is 0 Å². The van der Waals surface area contributed by atoms with Crippen LogP contribution >= 0.6 is 11.6 Å². The smallest absolute Gasteiger partial charge is 0.261 e. The lowest BCUT2D eigenvalue weighted by Crippen LogP contribution is -2.38. The van der Waals surface area contributed by atoms with Gasteiger partial charge in [-0.15, -0.1) is 0 Å². The van der Waals surface area contributed by atoms with Crippen LogP contribution < -0.4 is 10.3 Å². The average Bonchev–Trinajstić information content (AvgIpc) is 2.79. The second-order valence-electron chi connectivity index (χ2n) is 7.50. The summed E-state index contributed by atoms with van der Waals surface area (Å²) in [6.07, 6.45) is 1.50. The highest BCUT2D eigenvalue weighted by Crippen LogP contribution is 2.29. The van der Waals surface area contributed by atoms with Crippen LogP contribution in [-0.2, 0) is 16.6 Å². The van der Waals surface area contributed by atoms with E-state index in [1.54, 1.807) is 37.3 Å². The number of fused-ring (bicyclic) bond motifs is 1. The van der Waals surface area contributed by atoms with E-state index in [0.717, 1.165) is 6.42 Å². The van der Waals surface area contributed by atoms with E-state index in [-0.39, 0.29) is 10.5 Å². The molecule has 1 unspecified atom stereocenters. The molecule has 2 aromatic carbocycles. The molecule has 0 aliphatic carbocycles. The van der Waals surface area contributed by atoms with Gasteiger partial charge >= 0.3 is 0 Å². The number of ether oxygens (including phenoxy) is 1. The van der Waals surface area contributed by atoms with Crippen LogP contribution in [0.5, 0.6) is 5.75 Å². The number of rotatable bonds is 9. The van der Waals surface area contributed by atoms with Crippen LogP contribution in [0.25, 0.3) is 10.9 Å². The number of aromatic nitrogens is 2. The fraction of sp³-hybridized carbons (Fsp3) is 0.391. The van der Waals surface area contributed by atoms with E-state index in [9.17, 15) is 13.2 Å². The first-order chi connectivity index (χ1) is 15.2. The molecule has 3 rings (SSSR count). The van der Waals surface area contributed by atoms with Crippen molar-refractivity contribution in [3.8, 4) is 5.75 Å². The van der Waals surface area contributed by atoms with Gasteiger partial charge in [0.25, 0.3) is 5.56 Å². The van der Waals surface area contributed by atoms with Crippen molar-refractivity contribution in [3.63, 3.8) is 0 Å². The normalized spacial score (nSPS) is 12.9. The van der Waals surface area contributed by atoms with Crippen LogP contribution in [0.3, 0.4) is 0 Å². The molecule has 0 N–H and O–H groups in total. The summed E-state index contributed by atoms with van der Waals surface area (Å²) in [6.45, 7) is 6.28. The van der Waals surface area contributed by atoms with E-state index in [0.29, 0.717) is 47.0 Å². The van der Waals surface area contributed by atoms with Gasteiger partial charge in [-0.05, 0) is 62.7 Å². The predicted octanol–water partition coefficient (Wildman–Crippen LogP) is 4.63. The van der Waals surface area contributed by atoms with Crippen molar-refractivity contribution in [1.29, 1.82) is 0 Å². The second-order valence-corrected chi connectivity index (χ2v) is 9.83. The highest BCUT2D eigenvalue weighted by atomic mass is 35.5. The summed E-state index contributed by atoms with van der Waals surface area (Å²) in [7, 11) is -2.31. The molecule has 0 saturated heterocycles. The molecule has 0 spiro atoms. The molecule has 0 fully saturated rings. The van der Waals surface area contributed by atoms with E-state index >= 15 is 0 Å². The summed E-state index contributed by atoms with van der Waals surface area (Å²) >= 11 is 6.07. The molecule has 7 nitrogen and oxygen atoms in total. The van der Waals surface area contributed by atoms with Gasteiger partial charge in [-0.25, -0.2) is 13.4 Å². The SMILES string of the molecule is CCCCN(C(C)c1nc2ccc(Cl)cc2c(=O)n1CC)S(=O)(=O)c1ccc(OC)cc1. The van der Waals surface area contributed by atoms with Gasteiger partial charge < -0.3 is 4.74 Å². The maximum Gasteiger partial charge on any atom is 0.261 e. The molecule has 172 valence electrons. The molecule has 0 aliphatic heterocycles. The van der Waals surface area contributed by atoms with Crippen molar-refractivity contribution in [2.75, 3.05) is 13.7 Å². The van der Waals surface area contributed by atoms with Gasteiger partial charge in [0, 0.05) is 18.1 Å². The summed E-state index contributed by atoms with van der Waals surface area (Å²) < 4.78 is 35.3. The molecule has 1 atom stereocenters. The third-order valence-corrected chi connectivity index (χ3v) is 7.68. The highest BCUT2D eigenvalue weighted by molar-refractivity contribution is 7.89. The summed E-state index contributed by atoms with van der Waals surface area (Å²) in [4.78, 5) is 18.0. The molecule has 0 bridgehead atoms. The fourth-order valence-corrected chi connectivity index (χ4v) is 5.49. The standard InChI is InChI=1S/C23H28ClN3O4S/c1-5-7-14-27(32(29,30)19-11-9-18(31-4)10-12-19)16(3)22-25-21-13-8-17(24)15-20(21)23(28)26(22)6-2/h8-13,15-16H,5-7,14H2,1-4H3. The van der Waals surface area contributed by atoms with Crippen molar-refractivity contribution < 1.29 is 13.2 Å². The third kappa shape index (κ3) is 4.67. The van der Waals surface area contributed by atoms with Gasteiger partial charge in [0.05, 0.1) is 29.0 Å². The number of hydrogen-bond donors (Lipinski definition) is 0. The lowest BCUT2D eigenvalue weighted by atomic mass is 10.2. The lowest BCUT2D eigenvalue weighted by Gasteiger charge is -2.29. The van der Waals surface area contributed by atoms with E-state index in [1.807, 2.05) is 13.8 Å². The maximum absolute atomic E-state index is 13.6. The van der Waals surface area contributed by atoms with Gasteiger partial charge in [0.1, 0.15) is 11.6 Å². The molecular weight excluding hydrogens is 450 g/mol. The Bertz CT molecular complexity index is 1260. The van der Waals surface area contributed by atoms with Gasteiger partial charge in [0.2, 0.25) is 10.0 Å². The van der Waals surface area contributed by atoms with Crippen LogP contribution in [0.2, 0.25) is 5.02 Å². The number of nitrogens with zero attached hydrogens (tertiary/aromatic N) is 3. The van der Waals surface area contributed by atoms with Gasteiger partial charge in [-0.1, -0.05) is 24.9 Å². The molecule has 1 heterocycles. The molecular formula is C23H28ClN3O4S. The van der Waals surface area contributed by atoms with Crippen LogP contribution in [0, 0.1) is 0 Å². The predicted molar refractivity (Wildman–Crippen MR) is 127 cm³/mol. The van der Waals surface area contributed by atoms with Crippen molar-refractivity contribution in [1.82, 2.24) is 13.9 Å². The Kier molecular flexibility index (Phi) is 7.59. The Morgan fingerprint density at radius 1 is 1.16 bits per heavy atom. The van der Waals surface area contributed by atoms with E-state index in [1.165, 1.54) is 28.1 Å². The highest BCUT2D eigenvalue weighted by Gasteiger charge is 2.32. The zero-order valence-electron chi connectivity index (χ0n) is 18.7. The Hall–Kier alpha value is -2.42. The monoisotopic (exact) mass is 477 g/mol. The van der Waals surface area contributed by atoms with E-state index in [2.05, 4.69) is 4.98 Å². The number of unbranched alkanes of at least 4 members (excludes halogenated alkanes) is 1. The summed E-state index contributed by atoms with van der Waals surface area (Å²) in [6, 6.07) is 10.6. The largest absolute Gasteiger partial charge is 0.497 e. The van der Waals surface area contributed by atoms with Crippen LogP contribution in [0.1, 0.15) is 45.5 Å². The minimum atomic E-state index is -3.84. The lowest BCUT2D eigenvalue weighted by molar-refractivity contribution is 0.316. The molecule has 0 aliphatic rings. The van der Waals surface area contributed by atoms with Crippen molar-refractivity contribution >= 4 is 32.5 Å². The number of hydrogen-bond acceptors (Lipinski definition) is 5. The molecule has 0 amide bonds. The first-order valence-corrected chi connectivity index (χ1v) is 12.4. The van der Waals surface area contributed by atoms with Crippen molar-refractivity contribution in [2.24, 2.45) is 0 Å². The first kappa shape index (κ1) is 24.2. The van der Waals surface area contributed by atoms with E-state index < -0.39 is 16.1 Å². The fourth-order valence-electron chi connectivity index (χ4n) is 3.68. The van der Waals surface area contributed by atoms with Crippen molar-refractivity contribution in [2.45, 2.75) is 51.1 Å². The quantitative estimate of drug-likeness (QED) is 0.448. The Morgan fingerprint density at radius 3 is 2.44 bits per heavy atom. The summed E-state index contributed by atoms with van der Waals surface area (Å²) in [5.74, 6) is 0.979. The number of benzene rings is 2. The molecule has 0 saturated carbocycles. The molecule has 1 aromatic heterocycles.